The summed E-state index contributed by atoms with van der Waals surface area (Å²) in [5.41, 5.74) is 1.94. The second-order valence-electron chi connectivity index (χ2n) is 33.8. The van der Waals surface area contributed by atoms with E-state index >= 15 is 0 Å². The molecule has 0 saturated carbocycles. The van der Waals surface area contributed by atoms with Crippen molar-refractivity contribution in [3.63, 3.8) is 0 Å². The van der Waals surface area contributed by atoms with Crippen molar-refractivity contribution >= 4 is 0 Å². The number of aryl methyl sites for hydroxylation is 6. The van der Waals surface area contributed by atoms with Crippen LogP contribution in [0, 0.1) is 83.1 Å². The highest BCUT2D eigenvalue weighted by atomic mass is 19.4. The molecule has 5 aliphatic carbocycles. The van der Waals surface area contributed by atoms with Crippen molar-refractivity contribution in [1.82, 2.24) is 39.3 Å². The maximum Gasteiger partial charge on any atom is 0.425 e. The number of benzene rings is 10. The summed E-state index contributed by atoms with van der Waals surface area (Å²) in [5, 5.41) is 67.1. The zero-order chi connectivity index (χ0) is 101. The molecule has 4 aromatic heterocycles. The van der Waals surface area contributed by atoms with Crippen LogP contribution in [0.1, 0.15) is 179 Å². The number of aromatic nitrogens is 8. The number of aliphatic hydroxyl groups is 5. The molecule has 5 unspecified atom stereocenters. The average molecular weight is 1890 g/mol. The summed E-state index contributed by atoms with van der Waals surface area (Å²) < 4.78 is 221. The largest absolute Gasteiger partial charge is 0.493 e. The fraction of sp³-hybridized carbons (Fsp3) is 0.318. The van der Waals surface area contributed by atoms with Crippen LogP contribution in [0.2, 0.25) is 0 Å². The molecule has 5 atom stereocenters. The molecule has 0 bridgehead atoms. The summed E-state index contributed by atoms with van der Waals surface area (Å²) in [6, 6.07) is 35.3. The van der Waals surface area contributed by atoms with E-state index in [9.17, 15) is 91.4 Å². The minimum Gasteiger partial charge on any atom is -0.493 e. The molecule has 5 N–H and O–H groups in total. The Morgan fingerprint density at radius 2 is 0.551 bits per heavy atom. The highest BCUT2D eigenvalue weighted by molar-refractivity contribution is 5.99. The number of halogens is 15. The fourth-order valence-corrected chi connectivity index (χ4v) is 19.5. The molecule has 718 valence electrons. The zero-order valence-corrected chi connectivity index (χ0v) is 79.3. The van der Waals surface area contributed by atoms with Crippen LogP contribution < -0.4 is 4.74 Å². The lowest BCUT2D eigenvalue weighted by Crippen LogP contribution is -2.42. The van der Waals surface area contributed by atoms with Crippen LogP contribution >= 0.6 is 0 Å². The van der Waals surface area contributed by atoms with Crippen molar-refractivity contribution < 1.29 is 97.6 Å². The smallest absolute Gasteiger partial charge is 0.425 e. The molecule has 0 radical (unpaired) electrons. The Balaban J connectivity index is 0.000000162. The molecule has 10 aromatic carbocycles. The Morgan fingerprint density at radius 1 is 0.294 bits per heavy atom. The van der Waals surface area contributed by atoms with Gasteiger partial charge in [-0.15, -0.1) is 0 Å². The van der Waals surface area contributed by atoms with E-state index in [0.717, 1.165) is 56.5 Å². The van der Waals surface area contributed by atoms with Gasteiger partial charge < -0.3 is 30.3 Å². The Morgan fingerprint density at radius 3 is 0.838 bits per heavy atom. The van der Waals surface area contributed by atoms with Crippen molar-refractivity contribution in [2.75, 3.05) is 6.61 Å². The van der Waals surface area contributed by atoms with Crippen molar-refractivity contribution in [3.05, 3.63) is 318 Å². The molecule has 0 saturated heterocycles. The van der Waals surface area contributed by atoms with E-state index in [1.54, 1.807) is 194 Å². The van der Waals surface area contributed by atoms with Crippen molar-refractivity contribution in [2.24, 2.45) is 21.1 Å². The van der Waals surface area contributed by atoms with Gasteiger partial charge in [0.1, 0.15) is 12.1 Å². The molecular formula is C107H109F15N8O6. The Labute approximate surface area is 781 Å². The first-order chi connectivity index (χ1) is 63.8. The van der Waals surface area contributed by atoms with Gasteiger partial charge in [-0.2, -0.15) is 81.2 Å². The molecular weight excluding hydrogens is 1780 g/mol. The third-order valence-electron chi connectivity index (χ3n) is 26.3. The molecule has 19 rings (SSSR count). The highest BCUT2D eigenvalue weighted by Gasteiger charge is 2.67. The SMILES string of the molecule is CC.CC.CC.CCCOc1c(C)c(C)c2c(c1C)C(O)(C(F)(F)F)c1ccccc1-2.Cc1c(C)c(-c2cnn(C)c2)c2c(c1C)C(O)(C(F)(F)F)c1ccccc1-2.Cc1cc2c(c(-c3cncnc3)c1C)-c1ccccc1C2(O)C(F)(F)F.Cc1cc2c(c(-c3cnn(C)c3)c1C)-c1ccccc1C2(O)C(F)(F)F.Cc1cc2c(c(-c3cnn(C)c3)c1C)-c1ccccc1C2(O)C(F)(F)F.[3HH]. The first-order valence-corrected chi connectivity index (χ1v) is 44.4. The maximum absolute atomic E-state index is 14.2. The van der Waals surface area contributed by atoms with Gasteiger partial charge in [0.05, 0.1) is 25.2 Å². The van der Waals surface area contributed by atoms with Gasteiger partial charge in [0, 0.05) is 131 Å². The summed E-state index contributed by atoms with van der Waals surface area (Å²) in [7, 11) is 5.28. The normalized spacial score (nSPS) is 18.0. The number of rotatable bonds is 7. The Kier molecular flexibility index (Phi) is 28.2. The van der Waals surface area contributed by atoms with Crippen LogP contribution in [0.4, 0.5) is 65.9 Å². The Hall–Kier alpha value is -12.5. The van der Waals surface area contributed by atoms with E-state index in [1.165, 1.54) is 85.2 Å². The molecule has 5 aliphatic rings. The van der Waals surface area contributed by atoms with Crippen molar-refractivity contribution in [3.8, 4) is 106 Å². The first kappa shape index (κ1) is 102. The minimum absolute atomic E-state index is 0. The van der Waals surface area contributed by atoms with Gasteiger partial charge in [0.15, 0.2) is 0 Å². The Bertz CT molecular complexity index is 6750. The van der Waals surface area contributed by atoms with E-state index in [-0.39, 0.29) is 57.1 Å². The quantitative estimate of drug-likeness (QED) is 0.0955. The summed E-state index contributed by atoms with van der Waals surface area (Å²) in [4.78, 5) is 8.01. The summed E-state index contributed by atoms with van der Waals surface area (Å²) in [5.74, 6) is 0.439. The van der Waals surface area contributed by atoms with Gasteiger partial charge in [-0.05, 0) is 234 Å². The molecule has 4 heterocycles. The second kappa shape index (κ2) is 37.5. The van der Waals surface area contributed by atoms with Gasteiger partial charge in [-0.3, -0.25) is 14.0 Å². The van der Waals surface area contributed by atoms with Crippen LogP contribution in [-0.2, 0) is 49.1 Å². The van der Waals surface area contributed by atoms with Gasteiger partial charge in [0.25, 0.3) is 0 Å². The van der Waals surface area contributed by atoms with Crippen LogP contribution in [0.3, 0.4) is 0 Å². The topological polar surface area (TPSA) is 190 Å². The molecule has 29 heteroatoms. The van der Waals surface area contributed by atoms with Gasteiger partial charge in [-0.25, -0.2) is 9.97 Å². The minimum atomic E-state index is -4.85. The number of fused-ring (bicyclic) bond motifs is 15. The van der Waals surface area contributed by atoms with E-state index in [0.29, 0.717) is 129 Å². The molecule has 14 aromatic rings. The molecule has 0 amide bonds. The molecule has 136 heavy (non-hydrogen) atoms. The van der Waals surface area contributed by atoms with E-state index < -0.39 is 58.9 Å². The standard InChI is InChI=1S/C21H19F3N2O.2C20H17F3N2O.C20H15F3N2O.C20H21F3O2.3C2H6.H2/c1-11-12(2)17(14-9-25-26(4)10-14)18-15-7-5-6-8-16(15)20(27,21(22,23)24)19(18)13(11)3;2*1-11-8-16-18(17(12(11)2)13-9-24-25(3)10-13)14-6-4-5-7-15(14)19(16,26)20(21,22)23;1-11-7-16-18(17(12(11)2)13-8-24-10-25-9-13)14-5-3-4-6-15(14)19(16,26)20(21,22)23;1-5-10-25-18-12(3)11(2)16-14-8-6-7-9-15(14)19(24,20(21,22)23)17(16)13(18)4;3*1-2;/h5-10,27H,1-4H3;2*4-10,26H,1-3H3;3-10,26H,1-2H3;6-9,24H,5,10H2,1-4H3;3*1-2H3;1H/i;;;;;;;;1+2. The van der Waals surface area contributed by atoms with Crippen molar-refractivity contribution in [2.45, 2.75) is 197 Å². The molecule has 0 aliphatic heterocycles. The third kappa shape index (κ3) is 16.1. The van der Waals surface area contributed by atoms with Crippen molar-refractivity contribution in [1.29, 1.82) is 0 Å². The summed E-state index contributed by atoms with van der Waals surface area (Å²) in [6.45, 7) is 35.8. The molecule has 0 fully saturated rings. The fourth-order valence-electron chi connectivity index (χ4n) is 19.5. The van der Waals surface area contributed by atoms with Crippen LogP contribution in [0.5, 0.6) is 5.75 Å². The maximum atomic E-state index is 14.2. The zero-order valence-electron chi connectivity index (χ0n) is 79.3. The van der Waals surface area contributed by atoms with Gasteiger partial charge in [-0.1, -0.05) is 188 Å². The van der Waals surface area contributed by atoms with Crippen LogP contribution in [-0.4, -0.2) is 102 Å². The number of nitrogens with zero attached hydrogens (tertiary/aromatic N) is 8. The van der Waals surface area contributed by atoms with Crippen LogP contribution in [0.15, 0.2) is 195 Å². The molecule has 0 spiro atoms. The van der Waals surface area contributed by atoms with E-state index in [4.69, 9.17) is 4.74 Å². The van der Waals surface area contributed by atoms with Crippen LogP contribution in [0.25, 0.3) is 100 Å². The van der Waals surface area contributed by atoms with E-state index in [1.807, 2.05) is 83.1 Å². The number of hydrogen-bond acceptors (Lipinski definition) is 11. The van der Waals surface area contributed by atoms with E-state index in [2.05, 4.69) is 25.3 Å². The second-order valence-corrected chi connectivity index (χ2v) is 33.8. The summed E-state index contributed by atoms with van der Waals surface area (Å²) >= 11 is 0. The lowest BCUT2D eigenvalue weighted by molar-refractivity contribution is -0.247. The number of alkyl halides is 15. The lowest BCUT2D eigenvalue weighted by atomic mass is 9.82. The summed E-state index contributed by atoms with van der Waals surface area (Å²) in [6.07, 6.45) is -8.67. The lowest BCUT2D eigenvalue weighted by Gasteiger charge is -2.31. The predicted molar refractivity (Wildman–Crippen MR) is 501 cm³/mol. The highest BCUT2D eigenvalue weighted by Crippen LogP contribution is 2.65. The first-order valence-electron chi connectivity index (χ1n) is 44.4. The third-order valence-corrected chi connectivity index (χ3v) is 26.3. The monoisotopic (exact) mass is 1890 g/mol. The number of ether oxygens (including phenoxy) is 1. The predicted octanol–water partition coefficient (Wildman–Crippen LogP) is 26.8. The average Bonchev–Trinajstić information content (AvgIpc) is 1.56. The number of hydrogen-bond donors (Lipinski definition) is 5. The van der Waals surface area contributed by atoms with Gasteiger partial charge >= 0.3 is 30.9 Å². The van der Waals surface area contributed by atoms with Gasteiger partial charge in [0.2, 0.25) is 28.0 Å². The molecule has 14 nitrogen and oxygen atoms in total.